The van der Waals surface area contributed by atoms with Crippen LogP contribution in [0.25, 0.3) is 0 Å². The van der Waals surface area contributed by atoms with E-state index >= 15 is 0 Å². The maximum Gasteiger partial charge on any atom is 0.271 e. The Bertz CT molecular complexity index is 460. The average molecular weight is 291 g/mol. The van der Waals surface area contributed by atoms with Gasteiger partial charge in [-0.25, -0.2) is 0 Å². The predicted octanol–water partition coefficient (Wildman–Crippen LogP) is 0.633. The molecule has 0 aromatic carbocycles. The predicted molar refractivity (Wildman–Crippen MR) is 81.4 cm³/mol. The Balaban J connectivity index is 1.46. The molecule has 1 atom stereocenters. The number of likely N-dealkylation sites (tertiary alicyclic amines) is 1. The van der Waals surface area contributed by atoms with E-state index in [1.165, 1.54) is 32.4 Å². The van der Waals surface area contributed by atoms with Gasteiger partial charge in [0.25, 0.3) is 5.91 Å². The van der Waals surface area contributed by atoms with E-state index in [1.807, 2.05) is 16.9 Å². The Morgan fingerprint density at radius 3 is 3.00 bits per heavy atom. The van der Waals surface area contributed by atoms with Crippen LogP contribution in [0.4, 0.5) is 0 Å². The summed E-state index contributed by atoms with van der Waals surface area (Å²) >= 11 is 0. The van der Waals surface area contributed by atoms with Crippen molar-refractivity contribution >= 4 is 5.91 Å². The van der Waals surface area contributed by atoms with Crippen LogP contribution in [-0.2, 0) is 0 Å². The van der Waals surface area contributed by atoms with Crippen LogP contribution >= 0.6 is 0 Å². The topological polar surface area (TPSA) is 62.2 Å². The minimum atomic E-state index is -0.0586. The van der Waals surface area contributed by atoms with Crippen LogP contribution in [0.5, 0.6) is 0 Å². The van der Waals surface area contributed by atoms with Gasteiger partial charge in [-0.05, 0) is 51.4 Å². The maximum atomic E-state index is 12.1. The van der Waals surface area contributed by atoms with E-state index in [4.69, 9.17) is 0 Å². The fourth-order valence-corrected chi connectivity index (χ4v) is 3.15. The van der Waals surface area contributed by atoms with Gasteiger partial charge in [-0.15, -0.1) is 0 Å². The Morgan fingerprint density at radius 2 is 2.24 bits per heavy atom. The van der Waals surface area contributed by atoms with Crippen molar-refractivity contribution in [1.82, 2.24) is 25.3 Å². The lowest BCUT2D eigenvalue weighted by atomic mass is 10.1. The summed E-state index contributed by atoms with van der Waals surface area (Å²) in [5.74, 6) is -0.0586. The zero-order valence-electron chi connectivity index (χ0n) is 12.6. The van der Waals surface area contributed by atoms with Gasteiger partial charge in [0.1, 0.15) is 5.69 Å². The zero-order valence-corrected chi connectivity index (χ0v) is 12.6. The standard InChI is InChI=1S/C15H25N5O/c21-15(17-7-11-19-8-1-2-9-19)14-5-10-20(18-14)13-4-3-6-16-12-13/h5,10,13,16H,1-4,6-9,11-12H2,(H,17,21). The molecule has 2 fully saturated rings. The lowest BCUT2D eigenvalue weighted by molar-refractivity contribution is 0.0943. The molecule has 1 aromatic heterocycles. The molecule has 2 saturated heterocycles. The van der Waals surface area contributed by atoms with Crippen molar-refractivity contribution in [3.63, 3.8) is 0 Å². The number of nitrogens with zero attached hydrogens (tertiary/aromatic N) is 3. The van der Waals surface area contributed by atoms with Gasteiger partial charge in [0, 0.05) is 25.8 Å². The quantitative estimate of drug-likeness (QED) is 0.835. The summed E-state index contributed by atoms with van der Waals surface area (Å²) in [5, 5.41) is 10.8. The fraction of sp³-hybridized carbons (Fsp3) is 0.733. The molecule has 2 N–H and O–H groups in total. The highest BCUT2D eigenvalue weighted by atomic mass is 16.1. The summed E-state index contributed by atoms with van der Waals surface area (Å²) < 4.78 is 1.93. The molecule has 0 radical (unpaired) electrons. The van der Waals surface area contributed by atoms with Crippen LogP contribution in [0.3, 0.4) is 0 Å². The molecule has 6 heteroatoms. The number of piperidine rings is 1. The van der Waals surface area contributed by atoms with E-state index in [9.17, 15) is 4.79 Å². The highest BCUT2D eigenvalue weighted by Crippen LogP contribution is 2.15. The summed E-state index contributed by atoms with van der Waals surface area (Å²) in [7, 11) is 0. The third-order valence-corrected chi connectivity index (χ3v) is 4.40. The first-order valence-corrected chi connectivity index (χ1v) is 8.09. The number of carbonyl (C=O) groups excluding carboxylic acids is 1. The van der Waals surface area contributed by atoms with Gasteiger partial charge in [0.05, 0.1) is 6.04 Å². The second-order valence-electron chi connectivity index (χ2n) is 5.99. The average Bonchev–Trinajstić information content (AvgIpc) is 3.20. The van der Waals surface area contributed by atoms with Crippen LogP contribution < -0.4 is 10.6 Å². The zero-order chi connectivity index (χ0) is 14.5. The first-order chi connectivity index (χ1) is 10.3. The number of nitrogens with one attached hydrogen (secondary N) is 2. The van der Waals surface area contributed by atoms with Crippen molar-refractivity contribution in [3.05, 3.63) is 18.0 Å². The van der Waals surface area contributed by atoms with E-state index in [0.717, 1.165) is 26.1 Å². The molecule has 1 amide bonds. The van der Waals surface area contributed by atoms with E-state index < -0.39 is 0 Å². The normalized spacial score (nSPS) is 23.3. The Hall–Kier alpha value is -1.40. The number of amides is 1. The Kier molecular flexibility index (Phi) is 4.87. The van der Waals surface area contributed by atoms with Gasteiger partial charge >= 0.3 is 0 Å². The first kappa shape index (κ1) is 14.5. The molecule has 3 heterocycles. The van der Waals surface area contributed by atoms with E-state index in [0.29, 0.717) is 18.3 Å². The lowest BCUT2D eigenvalue weighted by Crippen LogP contribution is -2.34. The molecule has 1 aromatic rings. The Morgan fingerprint density at radius 1 is 1.38 bits per heavy atom. The Labute approximate surface area is 125 Å². The van der Waals surface area contributed by atoms with Crippen molar-refractivity contribution in [2.24, 2.45) is 0 Å². The molecule has 0 bridgehead atoms. The highest BCUT2D eigenvalue weighted by Gasteiger charge is 2.18. The van der Waals surface area contributed by atoms with Crippen molar-refractivity contribution in [3.8, 4) is 0 Å². The van der Waals surface area contributed by atoms with Gasteiger partial charge < -0.3 is 15.5 Å². The number of aromatic nitrogens is 2. The number of carbonyl (C=O) groups is 1. The summed E-state index contributed by atoms with van der Waals surface area (Å²) in [6.45, 7) is 6.01. The molecular formula is C15H25N5O. The summed E-state index contributed by atoms with van der Waals surface area (Å²) in [4.78, 5) is 14.5. The van der Waals surface area contributed by atoms with E-state index in [1.54, 1.807) is 0 Å². The summed E-state index contributed by atoms with van der Waals surface area (Å²) in [6, 6.07) is 2.20. The van der Waals surface area contributed by atoms with Crippen molar-refractivity contribution < 1.29 is 4.79 Å². The number of rotatable bonds is 5. The van der Waals surface area contributed by atoms with Crippen LogP contribution in [0.2, 0.25) is 0 Å². The fourth-order valence-electron chi connectivity index (χ4n) is 3.15. The summed E-state index contributed by atoms with van der Waals surface area (Å²) in [5.41, 5.74) is 0.530. The van der Waals surface area contributed by atoms with Crippen molar-refractivity contribution in [2.75, 3.05) is 39.3 Å². The molecule has 116 valence electrons. The van der Waals surface area contributed by atoms with Crippen LogP contribution in [0.15, 0.2) is 12.3 Å². The van der Waals surface area contributed by atoms with Crippen LogP contribution in [-0.4, -0.2) is 59.9 Å². The van der Waals surface area contributed by atoms with Crippen molar-refractivity contribution in [1.29, 1.82) is 0 Å². The monoisotopic (exact) mass is 291 g/mol. The smallest absolute Gasteiger partial charge is 0.271 e. The molecule has 2 aliphatic rings. The molecular weight excluding hydrogens is 266 g/mol. The van der Waals surface area contributed by atoms with Crippen LogP contribution in [0.1, 0.15) is 42.2 Å². The molecule has 0 aliphatic carbocycles. The third-order valence-electron chi connectivity index (χ3n) is 4.40. The van der Waals surface area contributed by atoms with Gasteiger partial charge in [-0.2, -0.15) is 5.10 Å². The SMILES string of the molecule is O=C(NCCN1CCCC1)c1ccn(C2CCCNC2)n1. The minimum absolute atomic E-state index is 0.0586. The van der Waals surface area contributed by atoms with Gasteiger partial charge in [0.15, 0.2) is 0 Å². The van der Waals surface area contributed by atoms with Gasteiger partial charge in [-0.3, -0.25) is 9.48 Å². The molecule has 2 aliphatic heterocycles. The maximum absolute atomic E-state index is 12.1. The first-order valence-electron chi connectivity index (χ1n) is 8.09. The van der Waals surface area contributed by atoms with Gasteiger partial charge in [-0.1, -0.05) is 0 Å². The lowest BCUT2D eigenvalue weighted by Gasteiger charge is -2.22. The van der Waals surface area contributed by atoms with Crippen LogP contribution in [0, 0.1) is 0 Å². The highest BCUT2D eigenvalue weighted by molar-refractivity contribution is 5.92. The molecule has 6 nitrogen and oxygen atoms in total. The molecule has 21 heavy (non-hydrogen) atoms. The third kappa shape index (κ3) is 3.83. The summed E-state index contributed by atoms with van der Waals surface area (Å²) in [6.07, 6.45) is 6.79. The second kappa shape index (κ2) is 7.04. The molecule has 0 saturated carbocycles. The second-order valence-corrected chi connectivity index (χ2v) is 5.99. The molecule has 1 unspecified atom stereocenters. The van der Waals surface area contributed by atoms with Gasteiger partial charge in [0.2, 0.25) is 0 Å². The number of hydrogen-bond donors (Lipinski definition) is 2. The van der Waals surface area contributed by atoms with E-state index in [2.05, 4.69) is 20.6 Å². The van der Waals surface area contributed by atoms with Crippen molar-refractivity contribution in [2.45, 2.75) is 31.7 Å². The molecule has 0 spiro atoms. The largest absolute Gasteiger partial charge is 0.349 e. The number of hydrogen-bond acceptors (Lipinski definition) is 4. The van der Waals surface area contributed by atoms with E-state index in [-0.39, 0.29) is 5.91 Å². The minimum Gasteiger partial charge on any atom is -0.349 e. The molecule has 3 rings (SSSR count).